The maximum absolute atomic E-state index is 13.8. The molecule has 0 radical (unpaired) electrons. The molecular weight excluding hydrogens is 476 g/mol. The van der Waals surface area contributed by atoms with Gasteiger partial charge in [0, 0.05) is 18.2 Å². The molecule has 0 unspecified atom stereocenters. The molecule has 0 aliphatic rings. The quantitative estimate of drug-likeness (QED) is 0.255. The number of rotatable bonds is 9. The first kappa shape index (κ1) is 25.4. The van der Waals surface area contributed by atoms with Gasteiger partial charge in [0.2, 0.25) is 0 Å². The molecule has 6 nitrogen and oxygen atoms in total. The summed E-state index contributed by atoms with van der Waals surface area (Å²) < 4.78 is 32.6. The van der Waals surface area contributed by atoms with Crippen molar-refractivity contribution in [2.45, 2.75) is 6.54 Å². The lowest BCUT2D eigenvalue weighted by Gasteiger charge is -2.15. The molecule has 37 heavy (non-hydrogen) atoms. The summed E-state index contributed by atoms with van der Waals surface area (Å²) in [5.74, 6) is -1.13. The molecule has 4 rings (SSSR count). The van der Waals surface area contributed by atoms with Crippen molar-refractivity contribution in [1.82, 2.24) is 10.6 Å². The number of benzene rings is 4. The maximum Gasteiger partial charge on any atom is 0.319 e. The van der Waals surface area contributed by atoms with Gasteiger partial charge in [-0.1, -0.05) is 60.7 Å². The number of ether oxygens (including phenoxy) is 1. The molecule has 0 fully saturated rings. The third kappa shape index (κ3) is 6.91. The molecule has 0 aliphatic carbocycles. The average Bonchev–Trinajstić information content (AvgIpc) is 2.92. The summed E-state index contributed by atoms with van der Waals surface area (Å²) in [4.78, 5) is 25.3. The summed E-state index contributed by atoms with van der Waals surface area (Å²) in [6, 6.07) is 26.1. The average molecular weight is 502 g/mol. The molecule has 0 atom stereocenters. The highest BCUT2D eigenvalue weighted by atomic mass is 19.1. The Kier molecular flexibility index (Phi) is 8.44. The van der Waals surface area contributed by atoms with Gasteiger partial charge < -0.3 is 20.7 Å². The van der Waals surface area contributed by atoms with Crippen molar-refractivity contribution in [3.8, 4) is 16.9 Å². The van der Waals surface area contributed by atoms with Crippen LogP contribution >= 0.6 is 0 Å². The van der Waals surface area contributed by atoms with E-state index in [1.807, 2.05) is 66.7 Å². The first-order valence-electron chi connectivity index (χ1n) is 11.6. The fourth-order valence-corrected chi connectivity index (χ4v) is 3.73. The molecule has 0 aromatic heterocycles. The second-order valence-corrected chi connectivity index (χ2v) is 8.05. The zero-order valence-corrected chi connectivity index (χ0v) is 19.8. The monoisotopic (exact) mass is 501 g/mol. The minimum absolute atomic E-state index is 0.117. The molecule has 0 saturated heterocycles. The summed E-state index contributed by atoms with van der Waals surface area (Å²) in [7, 11) is 0. The van der Waals surface area contributed by atoms with E-state index >= 15 is 0 Å². The van der Waals surface area contributed by atoms with Crippen molar-refractivity contribution >= 4 is 17.6 Å². The first-order chi connectivity index (χ1) is 18.0. The molecular formula is C29H25F2N3O3. The Balaban J connectivity index is 1.41. The second kappa shape index (κ2) is 12.3. The Bertz CT molecular complexity index is 1380. The number of urea groups is 1. The van der Waals surface area contributed by atoms with Gasteiger partial charge in [-0.25, -0.2) is 13.6 Å². The van der Waals surface area contributed by atoms with Crippen molar-refractivity contribution < 1.29 is 23.1 Å². The molecule has 3 N–H and O–H groups in total. The SMILES string of the molecule is O=C(NCc1ccccc1-c1ccccc1C(=O)NCCOc1ccccc1)Nc1ccc(F)cc1F. The number of carbonyl (C=O) groups excluding carboxylic acids is 2. The van der Waals surface area contributed by atoms with E-state index in [9.17, 15) is 18.4 Å². The third-order valence-corrected chi connectivity index (χ3v) is 5.50. The lowest BCUT2D eigenvalue weighted by atomic mass is 9.95. The lowest BCUT2D eigenvalue weighted by Crippen LogP contribution is -2.29. The van der Waals surface area contributed by atoms with Crippen LogP contribution in [0.3, 0.4) is 0 Å². The number of para-hydroxylation sites is 1. The van der Waals surface area contributed by atoms with E-state index in [1.54, 1.807) is 12.1 Å². The lowest BCUT2D eigenvalue weighted by molar-refractivity contribution is 0.0947. The number of hydrogen-bond donors (Lipinski definition) is 3. The number of hydrogen-bond acceptors (Lipinski definition) is 3. The van der Waals surface area contributed by atoms with Crippen LogP contribution in [0, 0.1) is 11.6 Å². The summed E-state index contributed by atoms with van der Waals surface area (Å²) in [6.07, 6.45) is 0. The fourth-order valence-electron chi connectivity index (χ4n) is 3.73. The van der Waals surface area contributed by atoms with Crippen LogP contribution in [0.2, 0.25) is 0 Å². The zero-order valence-electron chi connectivity index (χ0n) is 19.8. The van der Waals surface area contributed by atoms with Crippen LogP contribution < -0.4 is 20.7 Å². The van der Waals surface area contributed by atoms with Crippen LogP contribution in [0.5, 0.6) is 5.75 Å². The number of carbonyl (C=O) groups is 2. The van der Waals surface area contributed by atoms with Gasteiger partial charge in [0.15, 0.2) is 0 Å². The molecule has 4 aromatic carbocycles. The number of anilines is 1. The van der Waals surface area contributed by atoms with E-state index in [1.165, 1.54) is 0 Å². The van der Waals surface area contributed by atoms with Crippen molar-refractivity contribution in [2.24, 2.45) is 0 Å². The van der Waals surface area contributed by atoms with E-state index < -0.39 is 17.7 Å². The first-order valence-corrected chi connectivity index (χ1v) is 11.6. The van der Waals surface area contributed by atoms with Gasteiger partial charge >= 0.3 is 6.03 Å². The predicted molar refractivity (Wildman–Crippen MR) is 138 cm³/mol. The molecule has 4 aromatic rings. The van der Waals surface area contributed by atoms with Crippen LogP contribution in [0.4, 0.5) is 19.3 Å². The highest BCUT2D eigenvalue weighted by Crippen LogP contribution is 2.27. The van der Waals surface area contributed by atoms with Gasteiger partial charge in [0.25, 0.3) is 5.91 Å². The highest BCUT2D eigenvalue weighted by molar-refractivity contribution is 6.01. The Morgan fingerprint density at radius 3 is 2.24 bits per heavy atom. The Morgan fingerprint density at radius 2 is 1.46 bits per heavy atom. The van der Waals surface area contributed by atoms with E-state index in [0.29, 0.717) is 30.3 Å². The van der Waals surface area contributed by atoms with Crippen LogP contribution in [0.25, 0.3) is 11.1 Å². The Morgan fingerprint density at radius 1 is 0.757 bits per heavy atom. The van der Waals surface area contributed by atoms with E-state index in [2.05, 4.69) is 16.0 Å². The second-order valence-electron chi connectivity index (χ2n) is 8.05. The number of halogens is 2. The summed E-state index contributed by atoms with van der Waals surface area (Å²) in [5.41, 5.74) is 2.57. The smallest absolute Gasteiger partial charge is 0.319 e. The summed E-state index contributed by atoms with van der Waals surface area (Å²) >= 11 is 0. The van der Waals surface area contributed by atoms with Crippen molar-refractivity contribution in [2.75, 3.05) is 18.5 Å². The van der Waals surface area contributed by atoms with Gasteiger partial charge in [-0.15, -0.1) is 0 Å². The normalized spacial score (nSPS) is 10.4. The summed E-state index contributed by atoms with van der Waals surface area (Å²) in [6.45, 7) is 0.763. The topological polar surface area (TPSA) is 79.5 Å². The predicted octanol–water partition coefficient (Wildman–Crippen LogP) is 5.76. The fraction of sp³-hybridized carbons (Fsp3) is 0.103. The van der Waals surface area contributed by atoms with Gasteiger partial charge in [0.1, 0.15) is 24.0 Å². The van der Waals surface area contributed by atoms with Crippen LogP contribution in [0.1, 0.15) is 15.9 Å². The van der Waals surface area contributed by atoms with E-state index in [0.717, 1.165) is 29.0 Å². The van der Waals surface area contributed by atoms with Gasteiger partial charge in [-0.2, -0.15) is 0 Å². The molecule has 0 heterocycles. The van der Waals surface area contributed by atoms with Crippen LogP contribution in [-0.4, -0.2) is 25.1 Å². The molecule has 188 valence electrons. The Labute approximate surface area is 213 Å². The summed E-state index contributed by atoms with van der Waals surface area (Å²) in [5, 5.41) is 7.93. The van der Waals surface area contributed by atoms with Crippen LogP contribution in [0.15, 0.2) is 97.1 Å². The molecule has 0 saturated carbocycles. The molecule has 0 aliphatic heterocycles. The van der Waals surface area contributed by atoms with Crippen molar-refractivity contribution in [3.63, 3.8) is 0 Å². The molecule has 8 heteroatoms. The zero-order chi connectivity index (χ0) is 26.0. The Hall–Kier alpha value is -4.72. The highest BCUT2D eigenvalue weighted by Gasteiger charge is 2.15. The molecule has 0 spiro atoms. The van der Waals surface area contributed by atoms with E-state index in [-0.39, 0.29) is 18.1 Å². The maximum atomic E-state index is 13.8. The van der Waals surface area contributed by atoms with Crippen molar-refractivity contribution in [3.05, 3.63) is 120 Å². The van der Waals surface area contributed by atoms with Gasteiger partial charge in [-0.05, 0) is 47.0 Å². The number of nitrogens with one attached hydrogen (secondary N) is 3. The molecule has 0 bridgehead atoms. The number of amides is 3. The standard InChI is InChI=1S/C29H25F2N3O3/c30-21-14-15-27(26(31)18-21)34-29(36)33-19-20-8-4-5-11-23(20)24-12-6-7-13-25(24)28(35)32-16-17-37-22-9-2-1-3-10-22/h1-15,18H,16-17,19H2,(H,32,35)(H2,33,34,36). The van der Waals surface area contributed by atoms with Crippen LogP contribution in [-0.2, 0) is 6.54 Å². The molecule has 3 amide bonds. The van der Waals surface area contributed by atoms with Gasteiger partial charge in [-0.3, -0.25) is 4.79 Å². The van der Waals surface area contributed by atoms with Crippen molar-refractivity contribution in [1.29, 1.82) is 0 Å². The third-order valence-electron chi connectivity index (χ3n) is 5.50. The minimum atomic E-state index is -0.871. The largest absolute Gasteiger partial charge is 0.492 e. The minimum Gasteiger partial charge on any atom is -0.492 e. The van der Waals surface area contributed by atoms with Gasteiger partial charge in [0.05, 0.1) is 12.2 Å². The van der Waals surface area contributed by atoms with E-state index in [4.69, 9.17) is 4.74 Å².